The van der Waals surface area contributed by atoms with Crippen molar-refractivity contribution < 1.29 is 8.42 Å². The Morgan fingerprint density at radius 3 is 2.67 bits per heavy atom. The molecule has 1 unspecified atom stereocenters. The van der Waals surface area contributed by atoms with E-state index in [2.05, 4.69) is 9.62 Å². The number of thiophene rings is 1. The van der Waals surface area contributed by atoms with Crippen LogP contribution in [0.25, 0.3) is 0 Å². The van der Waals surface area contributed by atoms with Gasteiger partial charge < -0.3 is 4.90 Å². The number of benzene rings is 1. The molecule has 1 aliphatic rings. The van der Waals surface area contributed by atoms with Crippen LogP contribution in [0.3, 0.4) is 0 Å². The summed E-state index contributed by atoms with van der Waals surface area (Å²) in [4.78, 5) is 3.36. The Hall–Kier alpha value is -1.08. The third-order valence-electron chi connectivity index (χ3n) is 4.29. The van der Waals surface area contributed by atoms with Crippen molar-refractivity contribution in [1.29, 1.82) is 0 Å². The molecule has 2 aromatic rings. The minimum Gasteiger partial charge on any atom is -0.371 e. The summed E-state index contributed by atoms with van der Waals surface area (Å²) in [5, 5.41) is 0.727. The van der Waals surface area contributed by atoms with Crippen molar-refractivity contribution in [2.45, 2.75) is 24.0 Å². The van der Waals surface area contributed by atoms with E-state index < -0.39 is 10.0 Å². The van der Waals surface area contributed by atoms with Gasteiger partial charge in [-0.2, -0.15) is 0 Å². The number of hydrogen-bond donors (Lipinski definition) is 1. The van der Waals surface area contributed by atoms with Crippen molar-refractivity contribution in [2.75, 3.05) is 24.5 Å². The van der Waals surface area contributed by atoms with E-state index in [1.807, 2.05) is 37.3 Å². The van der Waals surface area contributed by atoms with E-state index in [9.17, 15) is 8.42 Å². The Kier molecular flexibility index (Phi) is 5.49. The Labute approximate surface area is 152 Å². The molecule has 1 saturated heterocycles. The highest BCUT2D eigenvalue weighted by Crippen LogP contribution is 2.26. The first kappa shape index (κ1) is 17.7. The molecule has 0 bridgehead atoms. The van der Waals surface area contributed by atoms with Crippen LogP contribution in [0.4, 0.5) is 5.69 Å². The molecule has 2 heterocycles. The largest absolute Gasteiger partial charge is 0.371 e. The van der Waals surface area contributed by atoms with Crippen molar-refractivity contribution in [3.05, 3.63) is 46.3 Å². The molecule has 0 radical (unpaired) electrons. The lowest BCUT2D eigenvalue weighted by Gasteiger charge is -2.18. The molecule has 3 rings (SSSR count). The normalized spacial score (nSPS) is 18.2. The van der Waals surface area contributed by atoms with Gasteiger partial charge in [0.2, 0.25) is 10.0 Å². The van der Waals surface area contributed by atoms with Crippen LogP contribution >= 0.6 is 22.9 Å². The fraction of sp³-hybridized carbons (Fsp3) is 0.412. The number of aryl methyl sites for hydroxylation is 1. The Morgan fingerprint density at radius 1 is 1.25 bits per heavy atom. The molecule has 1 fully saturated rings. The smallest absolute Gasteiger partial charge is 0.250 e. The van der Waals surface area contributed by atoms with Gasteiger partial charge in [-0.25, -0.2) is 13.1 Å². The number of halogens is 1. The lowest BCUT2D eigenvalue weighted by Crippen LogP contribution is -2.30. The molecule has 1 aromatic heterocycles. The van der Waals surface area contributed by atoms with E-state index >= 15 is 0 Å². The third-order valence-corrected chi connectivity index (χ3v) is 7.69. The summed E-state index contributed by atoms with van der Waals surface area (Å²) in [6, 6.07) is 11.4. The summed E-state index contributed by atoms with van der Waals surface area (Å²) < 4.78 is 27.9. The molecule has 7 heteroatoms. The lowest BCUT2D eigenvalue weighted by atomic mass is 10.1. The molecule has 1 N–H and O–H groups in total. The minimum atomic E-state index is -3.39. The third kappa shape index (κ3) is 4.11. The van der Waals surface area contributed by atoms with Gasteiger partial charge in [0.1, 0.15) is 4.21 Å². The van der Waals surface area contributed by atoms with Gasteiger partial charge in [-0.1, -0.05) is 18.5 Å². The second kappa shape index (κ2) is 7.44. The zero-order valence-corrected chi connectivity index (χ0v) is 15.9. The van der Waals surface area contributed by atoms with E-state index in [0.717, 1.165) is 41.5 Å². The molecule has 1 aromatic carbocycles. The van der Waals surface area contributed by atoms with Crippen molar-refractivity contribution in [3.63, 3.8) is 0 Å². The highest BCUT2D eigenvalue weighted by atomic mass is 35.5. The topological polar surface area (TPSA) is 49.4 Å². The van der Waals surface area contributed by atoms with Crippen LogP contribution in [-0.4, -0.2) is 28.1 Å². The zero-order valence-electron chi connectivity index (χ0n) is 13.5. The van der Waals surface area contributed by atoms with Crippen LogP contribution < -0.4 is 9.62 Å². The number of rotatable bonds is 6. The predicted octanol–water partition coefficient (Wildman–Crippen LogP) is 3.77. The number of nitrogens with zero attached hydrogens (tertiary/aromatic N) is 1. The molecular weight excluding hydrogens is 364 g/mol. The van der Waals surface area contributed by atoms with Gasteiger partial charge in [-0.3, -0.25) is 0 Å². The summed E-state index contributed by atoms with van der Waals surface area (Å²) in [5.74, 6) is 0.320. The molecule has 130 valence electrons. The minimum absolute atomic E-state index is 0.320. The van der Waals surface area contributed by atoms with Crippen LogP contribution in [0.2, 0.25) is 5.02 Å². The average Bonchev–Trinajstić information content (AvgIpc) is 3.23. The van der Waals surface area contributed by atoms with Crippen LogP contribution in [-0.2, 0) is 16.4 Å². The first-order chi connectivity index (χ1) is 11.5. The highest BCUT2D eigenvalue weighted by Gasteiger charge is 2.25. The summed E-state index contributed by atoms with van der Waals surface area (Å²) in [6.07, 6.45) is 1.84. The van der Waals surface area contributed by atoms with E-state index in [0.29, 0.717) is 16.7 Å². The number of hydrogen-bond acceptors (Lipinski definition) is 4. The van der Waals surface area contributed by atoms with Crippen molar-refractivity contribution in [1.82, 2.24) is 4.72 Å². The van der Waals surface area contributed by atoms with Gasteiger partial charge in [0, 0.05) is 35.2 Å². The quantitative estimate of drug-likeness (QED) is 0.824. The fourth-order valence-corrected chi connectivity index (χ4v) is 5.46. The maximum absolute atomic E-state index is 12.4. The van der Waals surface area contributed by atoms with Gasteiger partial charge in [-0.15, -0.1) is 11.3 Å². The number of anilines is 1. The number of nitrogens with one attached hydrogen (secondary N) is 1. The van der Waals surface area contributed by atoms with Gasteiger partial charge in [0.25, 0.3) is 0 Å². The molecule has 1 aliphatic heterocycles. The first-order valence-electron chi connectivity index (χ1n) is 8.07. The van der Waals surface area contributed by atoms with Gasteiger partial charge in [0.15, 0.2) is 0 Å². The van der Waals surface area contributed by atoms with Crippen molar-refractivity contribution in [2.24, 2.45) is 5.92 Å². The Morgan fingerprint density at radius 2 is 2.00 bits per heavy atom. The zero-order chi connectivity index (χ0) is 17.2. The first-order valence-corrected chi connectivity index (χ1v) is 10.7. The fourth-order valence-electron chi connectivity index (χ4n) is 2.88. The predicted molar refractivity (Wildman–Crippen MR) is 101 cm³/mol. The monoisotopic (exact) mass is 384 g/mol. The summed E-state index contributed by atoms with van der Waals surface area (Å²) in [7, 11) is -3.39. The second-order valence-electron chi connectivity index (χ2n) is 6.00. The van der Waals surface area contributed by atoms with Gasteiger partial charge in [0.05, 0.1) is 0 Å². The molecule has 0 amide bonds. The van der Waals surface area contributed by atoms with Crippen LogP contribution in [0.1, 0.15) is 18.2 Å². The molecule has 24 heavy (non-hydrogen) atoms. The van der Waals surface area contributed by atoms with Crippen LogP contribution in [0.5, 0.6) is 0 Å². The molecule has 0 spiro atoms. The number of sulfonamides is 1. The lowest BCUT2D eigenvalue weighted by molar-refractivity contribution is 0.543. The summed E-state index contributed by atoms with van der Waals surface area (Å²) in [6.45, 7) is 4.30. The van der Waals surface area contributed by atoms with E-state index in [-0.39, 0.29) is 0 Å². The Bertz CT molecular complexity index is 787. The Balaban J connectivity index is 1.56. The second-order valence-corrected chi connectivity index (χ2v) is 9.60. The maximum atomic E-state index is 12.4. The molecule has 0 aliphatic carbocycles. The standard InChI is InChI=1S/C17H21ClN2O2S2/c1-2-16-7-8-17(23-16)24(21,22)19-11-13-9-10-20(12-13)15-5-3-14(18)4-6-15/h3-8,13,19H,2,9-12H2,1H3. The van der Waals surface area contributed by atoms with E-state index in [1.165, 1.54) is 11.3 Å². The van der Waals surface area contributed by atoms with Crippen molar-refractivity contribution >= 4 is 38.6 Å². The highest BCUT2D eigenvalue weighted by molar-refractivity contribution is 7.91. The maximum Gasteiger partial charge on any atom is 0.250 e. The van der Waals surface area contributed by atoms with Crippen molar-refractivity contribution in [3.8, 4) is 0 Å². The van der Waals surface area contributed by atoms with E-state index in [1.54, 1.807) is 6.07 Å². The van der Waals surface area contributed by atoms with Gasteiger partial charge >= 0.3 is 0 Å². The molecular formula is C17H21ClN2O2S2. The van der Waals surface area contributed by atoms with Crippen LogP contribution in [0.15, 0.2) is 40.6 Å². The molecule has 4 nitrogen and oxygen atoms in total. The average molecular weight is 385 g/mol. The van der Waals surface area contributed by atoms with Gasteiger partial charge in [-0.05, 0) is 55.2 Å². The van der Waals surface area contributed by atoms with Crippen LogP contribution in [0, 0.1) is 5.92 Å². The molecule has 1 atom stereocenters. The van der Waals surface area contributed by atoms with E-state index in [4.69, 9.17) is 11.6 Å². The SMILES string of the molecule is CCc1ccc(S(=O)(=O)NCC2CCN(c3ccc(Cl)cc3)C2)s1. The summed E-state index contributed by atoms with van der Waals surface area (Å²) >= 11 is 7.27. The summed E-state index contributed by atoms with van der Waals surface area (Å²) in [5.41, 5.74) is 1.13. The molecule has 0 saturated carbocycles.